The normalized spacial score (nSPS) is 18.6. The highest BCUT2D eigenvalue weighted by atomic mass is 35.5. The fraction of sp³-hybridized carbons (Fsp3) is 0.385. The molecule has 1 heterocycles. The molecule has 2 N–H and O–H groups in total. The zero-order valence-electron chi connectivity index (χ0n) is 10.00. The third-order valence-electron chi connectivity index (χ3n) is 3.19. The summed E-state index contributed by atoms with van der Waals surface area (Å²) in [5.41, 5.74) is 0.596. The van der Waals surface area contributed by atoms with Crippen molar-refractivity contribution in [3.63, 3.8) is 0 Å². The summed E-state index contributed by atoms with van der Waals surface area (Å²) in [5, 5.41) is 13.0. The second-order valence-corrected chi connectivity index (χ2v) is 4.64. The van der Waals surface area contributed by atoms with Crippen LogP contribution < -0.4 is 5.32 Å². The summed E-state index contributed by atoms with van der Waals surface area (Å²) >= 11 is 5.73. The summed E-state index contributed by atoms with van der Waals surface area (Å²) in [7, 11) is 0. The number of aromatic hydroxyl groups is 1. The van der Waals surface area contributed by atoms with E-state index in [1.165, 1.54) is 6.07 Å². The van der Waals surface area contributed by atoms with Crippen LogP contribution in [0.15, 0.2) is 24.8 Å². The molecule has 98 valence electrons. The van der Waals surface area contributed by atoms with Crippen molar-refractivity contribution < 1.29 is 9.50 Å². The number of phenolic OH excluding ortho intramolecular Hbond substituents is 1. The molecule has 0 unspecified atom stereocenters. The van der Waals surface area contributed by atoms with E-state index in [0.717, 1.165) is 26.2 Å². The predicted molar refractivity (Wildman–Crippen MR) is 70.5 cm³/mol. The highest BCUT2D eigenvalue weighted by Crippen LogP contribution is 2.36. The molecule has 0 aliphatic carbocycles. The van der Waals surface area contributed by atoms with Gasteiger partial charge in [-0.1, -0.05) is 23.7 Å². The van der Waals surface area contributed by atoms with E-state index >= 15 is 0 Å². The Morgan fingerprint density at radius 1 is 1.44 bits per heavy atom. The molecule has 1 aliphatic rings. The van der Waals surface area contributed by atoms with Crippen LogP contribution in [0, 0.1) is 5.82 Å². The largest absolute Gasteiger partial charge is 0.506 e. The van der Waals surface area contributed by atoms with Crippen LogP contribution in [0.2, 0.25) is 5.02 Å². The first-order chi connectivity index (χ1) is 8.65. The van der Waals surface area contributed by atoms with Gasteiger partial charge in [0, 0.05) is 31.7 Å². The van der Waals surface area contributed by atoms with Crippen LogP contribution in [-0.2, 0) is 0 Å². The SMILES string of the molecule is C=C[C@@H](c1ccc(F)c(Cl)c1O)N1CCNCC1. The number of piperazine rings is 1. The Morgan fingerprint density at radius 3 is 2.72 bits per heavy atom. The molecular formula is C13H16ClFN2O. The van der Waals surface area contributed by atoms with Gasteiger partial charge in [0.2, 0.25) is 0 Å². The number of nitrogens with one attached hydrogen (secondary N) is 1. The molecule has 1 aliphatic heterocycles. The fourth-order valence-corrected chi connectivity index (χ4v) is 2.40. The van der Waals surface area contributed by atoms with E-state index in [1.54, 1.807) is 12.1 Å². The zero-order valence-corrected chi connectivity index (χ0v) is 10.8. The molecule has 1 aromatic carbocycles. The molecule has 1 atom stereocenters. The summed E-state index contributed by atoms with van der Waals surface area (Å²) in [6.07, 6.45) is 1.74. The third kappa shape index (κ3) is 2.51. The Hall–Kier alpha value is -1.10. The number of halogens is 2. The quantitative estimate of drug-likeness (QED) is 0.828. The van der Waals surface area contributed by atoms with Crippen LogP contribution in [0.5, 0.6) is 5.75 Å². The van der Waals surface area contributed by atoms with Crippen LogP contribution in [0.1, 0.15) is 11.6 Å². The van der Waals surface area contributed by atoms with Gasteiger partial charge < -0.3 is 10.4 Å². The molecule has 0 spiro atoms. The maximum atomic E-state index is 13.2. The van der Waals surface area contributed by atoms with E-state index in [4.69, 9.17) is 11.6 Å². The van der Waals surface area contributed by atoms with Crippen LogP contribution in [-0.4, -0.2) is 36.2 Å². The predicted octanol–water partition coefficient (Wildman–Crippen LogP) is 2.32. The average Bonchev–Trinajstić information content (AvgIpc) is 2.41. The topological polar surface area (TPSA) is 35.5 Å². The monoisotopic (exact) mass is 270 g/mol. The molecular weight excluding hydrogens is 255 g/mol. The van der Waals surface area contributed by atoms with Crippen LogP contribution >= 0.6 is 11.6 Å². The zero-order chi connectivity index (χ0) is 13.1. The molecule has 0 saturated carbocycles. The number of rotatable bonds is 3. The summed E-state index contributed by atoms with van der Waals surface area (Å²) in [5.74, 6) is -0.805. The fourth-order valence-electron chi connectivity index (χ4n) is 2.23. The molecule has 5 heteroatoms. The van der Waals surface area contributed by atoms with Crippen LogP contribution in [0.25, 0.3) is 0 Å². The third-order valence-corrected chi connectivity index (χ3v) is 3.55. The maximum Gasteiger partial charge on any atom is 0.145 e. The molecule has 1 saturated heterocycles. The lowest BCUT2D eigenvalue weighted by molar-refractivity contribution is 0.201. The molecule has 0 bridgehead atoms. The first kappa shape index (κ1) is 13.3. The second-order valence-electron chi connectivity index (χ2n) is 4.27. The van der Waals surface area contributed by atoms with Crippen molar-refractivity contribution >= 4 is 11.6 Å². The van der Waals surface area contributed by atoms with Crippen LogP contribution in [0.4, 0.5) is 4.39 Å². The van der Waals surface area contributed by atoms with Crippen molar-refractivity contribution in [1.82, 2.24) is 10.2 Å². The molecule has 1 fully saturated rings. The molecule has 3 nitrogen and oxygen atoms in total. The number of hydrogen-bond donors (Lipinski definition) is 2. The van der Waals surface area contributed by atoms with Gasteiger partial charge in [-0.2, -0.15) is 0 Å². The van der Waals surface area contributed by atoms with Crippen molar-refractivity contribution in [3.8, 4) is 5.75 Å². The van der Waals surface area contributed by atoms with Gasteiger partial charge in [0.15, 0.2) is 0 Å². The van der Waals surface area contributed by atoms with E-state index < -0.39 is 5.82 Å². The lowest BCUT2D eigenvalue weighted by atomic mass is 10.0. The highest BCUT2D eigenvalue weighted by molar-refractivity contribution is 6.32. The lowest BCUT2D eigenvalue weighted by Crippen LogP contribution is -2.44. The van der Waals surface area contributed by atoms with E-state index in [0.29, 0.717) is 5.56 Å². The van der Waals surface area contributed by atoms with Crippen molar-refractivity contribution in [2.45, 2.75) is 6.04 Å². The van der Waals surface area contributed by atoms with Crippen LogP contribution in [0.3, 0.4) is 0 Å². The van der Waals surface area contributed by atoms with Gasteiger partial charge in [-0.05, 0) is 6.07 Å². The van der Waals surface area contributed by atoms with E-state index in [9.17, 15) is 9.50 Å². The van der Waals surface area contributed by atoms with Gasteiger partial charge in [-0.3, -0.25) is 4.90 Å². The number of phenols is 1. The van der Waals surface area contributed by atoms with E-state index in [1.807, 2.05) is 0 Å². The van der Waals surface area contributed by atoms with Gasteiger partial charge in [-0.15, -0.1) is 6.58 Å². The number of benzene rings is 1. The Kier molecular flexibility index (Phi) is 4.22. The summed E-state index contributed by atoms with van der Waals surface area (Å²) in [6.45, 7) is 7.28. The standard InChI is InChI=1S/C13H16ClFN2O/c1-2-11(17-7-5-16-6-8-17)9-3-4-10(15)12(14)13(9)18/h2-4,11,16,18H,1,5-8H2/t11-/m0/s1. The van der Waals surface area contributed by atoms with E-state index in [-0.39, 0.29) is 16.8 Å². The Balaban J connectivity index is 2.32. The van der Waals surface area contributed by atoms with Gasteiger partial charge in [-0.25, -0.2) is 4.39 Å². The molecule has 18 heavy (non-hydrogen) atoms. The van der Waals surface area contributed by atoms with Gasteiger partial charge in [0.1, 0.15) is 16.6 Å². The summed E-state index contributed by atoms with van der Waals surface area (Å²) in [6, 6.07) is 2.69. The maximum absolute atomic E-state index is 13.2. The smallest absolute Gasteiger partial charge is 0.145 e. The second kappa shape index (κ2) is 5.69. The summed E-state index contributed by atoms with van der Waals surface area (Å²) < 4.78 is 13.2. The average molecular weight is 271 g/mol. The van der Waals surface area contributed by atoms with Crippen molar-refractivity contribution in [1.29, 1.82) is 0 Å². The van der Waals surface area contributed by atoms with Gasteiger partial charge in [0.25, 0.3) is 0 Å². The molecule has 2 rings (SSSR count). The first-order valence-electron chi connectivity index (χ1n) is 5.89. The molecule has 0 radical (unpaired) electrons. The Morgan fingerprint density at radius 2 is 2.11 bits per heavy atom. The summed E-state index contributed by atoms with van der Waals surface area (Å²) in [4.78, 5) is 2.17. The van der Waals surface area contributed by atoms with Gasteiger partial charge in [0.05, 0.1) is 6.04 Å². The lowest BCUT2D eigenvalue weighted by Gasteiger charge is -2.33. The van der Waals surface area contributed by atoms with E-state index in [2.05, 4.69) is 16.8 Å². The highest BCUT2D eigenvalue weighted by Gasteiger charge is 2.23. The Labute approximate surface area is 111 Å². The van der Waals surface area contributed by atoms with Gasteiger partial charge >= 0.3 is 0 Å². The van der Waals surface area contributed by atoms with Crippen molar-refractivity contribution in [3.05, 3.63) is 41.2 Å². The van der Waals surface area contributed by atoms with Crippen molar-refractivity contribution in [2.24, 2.45) is 0 Å². The minimum absolute atomic E-state index is 0.148. The Bertz CT molecular complexity index is 447. The number of hydrogen-bond acceptors (Lipinski definition) is 3. The minimum Gasteiger partial charge on any atom is -0.506 e. The molecule has 0 aromatic heterocycles. The molecule has 0 amide bonds. The molecule has 1 aromatic rings. The number of nitrogens with zero attached hydrogens (tertiary/aromatic N) is 1. The minimum atomic E-state index is -0.610. The van der Waals surface area contributed by atoms with Crippen molar-refractivity contribution in [2.75, 3.05) is 26.2 Å². The first-order valence-corrected chi connectivity index (χ1v) is 6.27.